The third kappa shape index (κ3) is 1.51. The minimum Gasteiger partial charge on any atom is -0.472 e. The molecule has 116 valence electrons. The Labute approximate surface area is 137 Å². The summed E-state index contributed by atoms with van der Waals surface area (Å²) in [7, 11) is 0. The Bertz CT molecular complexity index is 993. The third-order valence-electron chi connectivity index (χ3n) is 4.81. The van der Waals surface area contributed by atoms with Crippen LogP contribution >= 0.6 is 0 Å². The summed E-state index contributed by atoms with van der Waals surface area (Å²) in [6.07, 6.45) is 11.2. The van der Waals surface area contributed by atoms with Crippen LogP contribution in [-0.4, -0.2) is 23.2 Å². The Kier molecular flexibility index (Phi) is 2.32. The Balaban J connectivity index is 1.78. The van der Waals surface area contributed by atoms with E-state index in [0.29, 0.717) is 11.3 Å². The van der Waals surface area contributed by atoms with E-state index in [4.69, 9.17) is 4.74 Å². The molecule has 0 saturated heterocycles. The van der Waals surface area contributed by atoms with Gasteiger partial charge in [-0.25, -0.2) is 0 Å². The zero-order chi connectivity index (χ0) is 16.5. The van der Waals surface area contributed by atoms with Crippen molar-refractivity contribution in [3.05, 3.63) is 70.3 Å². The van der Waals surface area contributed by atoms with Gasteiger partial charge in [-0.05, 0) is 29.9 Å². The van der Waals surface area contributed by atoms with Gasteiger partial charge in [0.15, 0.2) is 11.4 Å². The predicted octanol–water partition coefficient (Wildman–Crippen LogP) is 2.11. The van der Waals surface area contributed by atoms with Gasteiger partial charge in [0.1, 0.15) is 5.75 Å². The first-order valence-electron chi connectivity index (χ1n) is 7.62. The number of amides is 2. The summed E-state index contributed by atoms with van der Waals surface area (Å²) >= 11 is 0. The fourth-order valence-electron chi connectivity index (χ4n) is 3.66. The molecule has 0 fully saturated rings. The summed E-state index contributed by atoms with van der Waals surface area (Å²) in [4.78, 5) is 35.9. The average molecular weight is 317 g/mol. The highest BCUT2D eigenvalue weighted by Crippen LogP contribution is 2.47. The zero-order valence-electron chi connectivity index (χ0n) is 12.5. The van der Waals surface area contributed by atoms with E-state index in [9.17, 15) is 14.4 Å². The summed E-state index contributed by atoms with van der Waals surface area (Å²) in [6.45, 7) is 0. The summed E-state index contributed by atoms with van der Waals surface area (Å²) in [6, 6.07) is 3.41. The van der Waals surface area contributed by atoms with Crippen molar-refractivity contribution in [2.24, 2.45) is 0 Å². The van der Waals surface area contributed by atoms with Crippen LogP contribution in [0.2, 0.25) is 0 Å². The van der Waals surface area contributed by atoms with Crippen molar-refractivity contribution in [2.75, 3.05) is 0 Å². The SMILES string of the molecule is O=C1C=CC23Oc4c(ccc5c4C(=O)NC5=O)C=C2C=CC=C3C1. The summed E-state index contributed by atoms with van der Waals surface area (Å²) < 4.78 is 6.30. The monoisotopic (exact) mass is 317 g/mol. The molecule has 1 aromatic carbocycles. The molecule has 5 rings (SSSR count). The van der Waals surface area contributed by atoms with Crippen LogP contribution in [0, 0.1) is 0 Å². The molecular formula is C19H11NO4. The van der Waals surface area contributed by atoms with E-state index in [1.54, 1.807) is 18.2 Å². The molecule has 1 aromatic rings. The van der Waals surface area contributed by atoms with Crippen molar-refractivity contribution < 1.29 is 19.1 Å². The maximum absolute atomic E-state index is 12.2. The molecule has 1 unspecified atom stereocenters. The normalized spacial score (nSPS) is 25.8. The summed E-state index contributed by atoms with van der Waals surface area (Å²) in [5, 5.41) is 2.30. The molecule has 0 saturated carbocycles. The van der Waals surface area contributed by atoms with Crippen LogP contribution in [0.4, 0.5) is 0 Å². The van der Waals surface area contributed by atoms with E-state index in [0.717, 1.165) is 16.7 Å². The van der Waals surface area contributed by atoms with E-state index in [-0.39, 0.29) is 17.8 Å². The van der Waals surface area contributed by atoms with Gasteiger partial charge in [-0.2, -0.15) is 0 Å². The lowest BCUT2D eigenvalue weighted by atomic mass is 9.74. The molecule has 1 N–H and O–H groups in total. The summed E-state index contributed by atoms with van der Waals surface area (Å²) in [5.74, 6) is -0.461. The van der Waals surface area contributed by atoms with E-state index in [1.807, 2.05) is 24.3 Å². The minimum atomic E-state index is -0.878. The number of carbonyl (C=O) groups excluding carboxylic acids is 3. The first kappa shape index (κ1) is 13.2. The zero-order valence-corrected chi connectivity index (χ0v) is 12.5. The van der Waals surface area contributed by atoms with Crippen molar-refractivity contribution in [3.8, 4) is 5.75 Å². The van der Waals surface area contributed by atoms with Gasteiger partial charge in [0, 0.05) is 17.6 Å². The number of rotatable bonds is 0. The molecule has 2 amide bonds. The molecule has 2 aliphatic carbocycles. The minimum absolute atomic E-state index is 0.0159. The lowest BCUT2D eigenvalue weighted by Gasteiger charge is -2.41. The van der Waals surface area contributed by atoms with Crippen molar-refractivity contribution in [1.82, 2.24) is 5.32 Å². The molecular weight excluding hydrogens is 306 g/mol. The average Bonchev–Trinajstić information content (AvgIpc) is 2.86. The fourth-order valence-corrected chi connectivity index (χ4v) is 3.66. The van der Waals surface area contributed by atoms with Crippen molar-refractivity contribution in [3.63, 3.8) is 0 Å². The molecule has 24 heavy (non-hydrogen) atoms. The molecule has 0 radical (unpaired) electrons. The fraction of sp³-hybridized carbons (Fsp3) is 0.105. The molecule has 1 spiro atoms. The number of imide groups is 1. The van der Waals surface area contributed by atoms with Crippen LogP contribution in [0.5, 0.6) is 5.75 Å². The van der Waals surface area contributed by atoms with Crippen molar-refractivity contribution in [2.45, 2.75) is 12.0 Å². The van der Waals surface area contributed by atoms with E-state index >= 15 is 0 Å². The molecule has 2 heterocycles. The molecule has 5 nitrogen and oxygen atoms in total. The van der Waals surface area contributed by atoms with Crippen LogP contribution in [0.1, 0.15) is 32.7 Å². The van der Waals surface area contributed by atoms with E-state index < -0.39 is 17.4 Å². The maximum atomic E-state index is 12.2. The maximum Gasteiger partial charge on any atom is 0.262 e. The number of allylic oxidation sites excluding steroid dienone is 3. The largest absolute Gasteiger partial charge is 0.472 e. The molecule has 4 aliphatic rings. The van der Waals surface area contributed by atoms with Gasteiger partial charge in [0.05, 0.1) is 11.1 Å². The topological polar surface area (TPSA) is 72.5 Å². The van der Waals surface area contributed by atoms with Gasteiger partial charge in [-0.15, -0.1) is 0 Å². The van der Waals surface area contributed by atoms with E-state index in [1.165, 1.54) is 6.08 Å². The number of carbonyl (C=O) groups is 3. The molecule has 5 heteroatoms. The van der Waals surface area contributed by atoms with Crippen LogP contribution in [0.15, 0.2) is 53.7 Å². The first-order valence-corrected chi connectivity index (χ1v) is 7.62. The quantitative estimate of drug-likeness (QED) is 0.744. The highest BCUT2D eigenvalue weighted by Gasteiger charge is 2.46. The Morgan fingerprint density at radius 3 is 2.83 bits per heavy atom. The van der Waals surface area contributed by atoms with Crippen molar-refractivity contribution in [1.29, 1.82) is 0 Å². The highest BCUT2D eigenvalue weighted by molar-refractivity contribution is 6.23. The number of benzene rings is 1. The number of hydrogen-bond donors (Lipinski definition) is 1. The molecule has 0 aromatic heterocycles. The first-order chi connectivity index (χ1) is 11.6. The van der Waals surface area contributed by atoms with Crippen molar-refractivity contribution >= 4 is 23.7 Å². The van der Waals surface area contributed by atoms with Crippen LogP contribution in [0.25, 0.3) is 6.08 Å². The van der Waals surface area contributed by atoms with Crippen LogP contribution in [0.3, 0.4) is 0 Å². The second kappa shape index (κ2) is 4.20. The number of ether oxygens (including phenoxy) is 1. The van der Waals surface area contributed by atoms with Gasteiger partial charge in [0.25, 0.3) is 11.8 Å². The van der Waals surface area contributed by atoms with Crippen LogP contribution in [-0.2, 0) is 4.79 Å². The number of hydrogen-bond acceptors (Lipinski definition) is 4. The van der Waals surface area contributed by atoms with Gasteiger partial charge < -0.3 is 4.74 Å². The second-order valence-corrected chi connectivity index (χ2v) is 6.15. The van der Waals surface area contributed by atoms with Gasteiger partial charge >= 0.3 is 0 Å². The van der Waals surface area contributed by atoms with Gasteiger partial charge in [0.2, 0.25) is 0 Å². The standard InChI is InChI=1S/C19H11NO4/c21-13-6-7-19-11(2-1-3-12(19)9-13)8-10-4-5-14-15(16(10)24-19)18(23)20-17(14)22/h1-8H,9H2,(H,20,22,23). The van der Waals surface area contributed by atoms with E-state index in [2.05, 4.69) is 5.32 Å². The molecule has 0 bridgehead atoms. The number of ketones is 1. The lowest BCUT2D eigenvalue weighted by Crippen LogP contribution is -2.43. The lowest BCUT2D eigenvalue weighted by molar-refractivity contribution is -0.114. The predicted molar refractivity (Wildman–Crippen MR) is 85.6 cm³/mol. The Morgan fingerprint density at radius 2 is 1.96 bits per heavy atom. The van der Waals surface area contributed by atoms with Gasteiger partial charge in [-0.1, -0.05) is 24.3 Å². The highest BCUT2D eigenvalue weighted by atomic mass is 16.5. The Morgan fingerprint density at radius 1 is 1.08 bits per heavy atom. The number of fused-ring (bicyclic) bond motifs is 3. The Hall–Kier alpha value is -3.21. The molecule has 2 aliphatic heterocycles. The third-order valence-corrected chi connectivity index (χ3v) is 4.81. The number of nitrogens with one attached hydrogen (secondary N) is 1. The summed E-state index contributed by atoms with van der Waals surface area (Å²) in [5.41, 5.74) is 2.19. The molecule has 1 atom stereocenters. The second-order valence-electron chi connectivity index (χ2n) is 6.15. The van der Waals surface area contributed by atoms with Gasteiger partial charge in [-0.3, -0.25) is 19.7 Å². The smallest absolute Gasteiger partial charge is 0.262 e. The van der Waals surface area contributed by atoms with Crippen LogP contribution < -0.4 is 10.1 Å².